The lowest BCUT2D eigenvalue weighted by atomic mass is 10.1. The second kappa shape index (κ2) is 5.30. The number of aryl methyl sites for hydroxylation is 2. The van der Waals surface area contributed by atoms with Gasteiger partial charge in [0.05, 0.1) is 18.9 Å². The summed E-state index contributed by atoms with van der Waals surface area (Å²) in [6, 6.07) is 7.82. The molecule has 0 bridgehead atoms. The molecule has 0 fully saturated rings. The third kappa shape index (κ3) is 2.72. The molecule has 88 valence electrons. The minimum Gasteiger partial charge on any atom is -0.497 e. The second-order valence-electron chi connectivity index (χ2n) is 3.67. The largest absolute Gasteiger partial charge is 0.497 e. The van der Waals surface area contributed by atoms with Crippen molar-refractivity contribution in [2.45, 2.75) is 12.8 Å². The molecule has 0 N–H and O–H groups in total. The molecule has 1 aromatic carbocycles. The van der Waals surface area contributed by atoms with Crippen molar-refractivity contribution in [3.63, 3.8) is 0 Å². The molecule has 0 spiro atoms. The molecule has 0 amide bonds. The van der Waals surface area contributed by atoms with E-state index in [0.717, 1.165) is 24.0 Å². The first-order chi connectivity index (χ1) is 8.33. The van der Waals surface area contributed by atoms with Gasteiger partial charge in [0.15, 0.2) is 6.29 Å². The summed E-state index contributed by atoms with van der Waals surface area (Å²) in [7, 11) is 1.64. The third-order valence-electron chi connectivity index (χ3n) is 2.58. The lowest BCUT2D eigenvalue weighted by molar-refractivity contribution is 0.112. The van der Waals surface area contributed by atoms with Crippen LogP contribution in [-0.4, -0.2) is 18.6 Å². The van der Waals surface area contributed by atoms with Gasteiger partial charge in [-0.15, -0.1) is 0 Å². The topological polar surface area (TPSA) is 52.3 Å². The Bertz CT molecular complexity index is 505. The van der Waals surface area contributed by atoms with Crippen LogP contribution in [0.4, 0.5) is 0 Å². The van der Waals surface area contributed by atoms with Crippen LogP contribution in [0.15, 0.2) is 35.0 Å². The van der Waals surface area contributed by atoms with Crippen molar-refractivity contribution in [1.29, 1.82) is 0 Å². The van der Waals surface area contributed by atoms with Crippen LogP contribution >= 0.6 is 0 Å². The molecule has 0 aliphatic heterocycles. The highest BCUT2D eigenvalue weighted by Crippen LogP contribution is 2.15. The van der Waals surface area contributed by atoms with Crippen molar-refractivity contribution in [1.82, 2.24) is 5.16 Å². The van der Waals surface area contributed by atoms with E-state index in [-0.39, 0.29) is 0 Å². The average molecular weight is 231 g/mol. The minimum atomic E-state index is 0.521. The monoisotopic (exact) mass is 231 g/mol. The van der Waals surface area contributed by atoms with Crippen LogP contribution in [0, 0.1) is 0 Å². The molecule has 0 saturated carbocycles. The fraction of sp³-hybridized carbons (Fsp3) is 0.231. The predicted molar refractivity (Wildman–Crippen MR) is 62.3 cm³/mol. The standard InChI is InChI=1S/C13H13NO3/c1-16-12-4-2-3-10(7-12)5-6-13-11(9-15)8-14-17-13/h2-4,7-9H,5-6H2,1H3. The van der Waals surface area contributed by atoms with E-state index in [1.807, 2.05) is 24.3 Å². The molecule has 0 aliphatic rings. The number of benzene rings is 1. The van der Waals surface area contributed by atoms with Crippen LogP contribution in [-0.2, 0) is 12.8 Å². The summed E-state index contributed by atoms with van der Waals surface area (Å²) in [6.07, 6.45) is 3.64. The summed E-state index contributed by atoms with van der Waals surface area (Å²) < 4.78 is 10.2. The number of rotatable bonds is 5. The van der Waals surface area contributed by atoms with E-state index in [4.69, 9.17) is 9.26 Å². The molecule has 0 aliphatic carbocycles. The zero-order valence-electron chi connectivity index (χ0n) is 9.55. The van der Waals surface area contributed by atoms with Crippen LogP contribution in [0.25, 0.3) is 0 Å². The van der Waals surface area contributed by atoms with Gasteiger partial charge in [0.25, 0.3) is 0 Å². The fourth-order valence-corrected chi connectivity index (χ4v) is 1.64. The van der Waals surface area contributed by atoms with Crippen molar-refractivity contribution in [2.75, 3.05) is 7.11 Å². The van der Waals surface area contributed by atoms with Gasteiger partial charge in [-0.2, -0.15) is 0 Å². The quantitative estimate of drug-likeness (QED) is 0.741. The Morgan fingerprint density at radius 1 is 1.41 bits per heavy atom. The summed E-state index contributed by atoms with van der Waals surface area (Å²) in [5.74, 6) is 1.46. The zero-order valence-corrected chi connectivity index (χ0v) is 9.55. The van der Waals surface area contributed by atoms with E-state index >= 15 is 0 Å². The Morgan fingerprint density at radius 2 is 2.29 bits per heavy atom. The molecule has 0 saturated heterocycles. The first-order valence-electron chi connectivity index (χ1n) is 5.35. The Labute approximate surface area is 99.2 Å². The number of hydrogen-bond donors (Lipinski definition) is 0. The highest BCUT2D eigenvalue weighted by Gasteiger charge is 2.07. The maximum absolute atomic E-state index is 10.7. The zero-order chi connectivity index (χ0) is 12.1. The smallest absolute Gasteiger partial charge is 0.155 e. The van der Waals surface area contributed by atoms with E-state index < -0.39 is 0 Å². The molecule has 0 atom stereocenters. The summed E-state index contributed by atoms with van der Waals surface area (Å²) in [5.41, 5.74) is 1.66. The highest BCUT2D eigenvalue weighted by molar-refractivity contribution is 5.75. The van der Waals surface area contributed by atoms with Crippen LogP contribution < -0.4 is 4.74 Å². The van der Waals surface area contributed by atoms with Crippen molar-refractivity contribution < 1.29 is 14.1 Å². The van der Waals surface area contributed by atoms with Crippen LogP contribution in [0.5, 0.6) is 5.75 Å². The Morgan fingerprint density at radius 3 is 3.06 bits per heavy atom. The molecule has 2 aromatic rings. The third-order valence-corrected chi connectivity index (χ3v) is 2.58. The van der Waals surface area contributed by atoms with Gasteiger partial charge >= 0.3 is 0 Å². The molecule has 4 heteroatoms. The number of nitrogens with zero attached hydrogens (tertiary/aromatic N) is 1. The minimum absolute atomic E-state index is 0.521. The number of aromatic nitrogens is 1. The first kappa shape index (κ1) is 11.4. The molecule has 1 heterocycles. The fourth-order valence-electron chi connectivity index (χ4n) is 1.64. The Hall–Kier alpha value is -2.10. The van der Waals surface area contributed by atoms with Crippen molar-refractivity contribution in [3.8, 4) is 5.75 Å². The Kier molecular flexibility index (Phi) is 3.55. The van der Waals surface area contributed by atoms with Gasteiger partial charge in [0.2, 0.25) is 0 Å². The summed E-state index contributed by atoms with van der Waals surface area (Å²) >= 11 is 0. The molecular formula is C13H13NO3. The molecule has 1 aromatic heterocycles. The average Bonchev–Trinajstić information content (AvgIpc) is 2.84. The van der Waals surface area contributed by atoms with Crippen molar-refractivity contribution in [3.05, 3.63) is 47.3 Å². The molecule has 2 rings (SSSR count). The number of methoxy groups -OCH3 is 1. The molecule has 0 radical (unpaired) electrons. The Balaban J connectivity index is 2.04. The van der Waals surface area contributed by atoms with Gasteiger partial charge in [-0.1, -0.05) is 17.3 Å². The maximum atomic E-state index is 10.7. The van der Waals surface area contributed by atoms with E-state index in [9.17, 15) is 4.79 Å². The maximum Gasteiger partial charge on any atom is 0.155 e. The lowest BCUT2D eigenvalue weighted by Gasteiger charge is -2.03. The van der Waals surface area contributed by atoms with Crippen LogP contribution in [0.3, 0.4) is 0 Å². The van der Waals surface area contributed by atoms with Crippen molar-refractivity contribution in [2.24, 2.45) is 0 Å². The normalized spacial score (nSPS) is 10.2. The number of carbonyl (C=O) groups is 1. The molecule has 0 unspecified atom stereocenters. The van der Waals surface area contributed by atoms with Gasteiger partial charge in [-0.05, 0) is 24.1 Å². The lowest BCUT2D eigenvalue weighted by Crippen LogP contribution is -1.93. The molecule has 4 nitrogen and oxygen atoms in total. The summed E-state index contributed by atoms with van der Waals surface area (Å²) in [4.78, 5) is 10.7. The number of hydrogen-bond acceptors (Lipinski definition) is 4. The summed E-state index contributed by atoms with van der Waals surface area (Å²) in [6.45, 7) is 0. The number of aldehydes is 1. The van der Waals surface area contributed by atoms with Gasteiger partial charge in [0.1, 0.15) is 11.5 Å². The van der Waals surface area contributed by atoms with E-state index in [1.54, 1.807) is 7.11 Å². The van der Waals surface area contributed by atoms with Crippen LogP contribution in [0.1, 0.15) is 21.7 Å². The highest BCUT2D eigenvalue weighted by atomic mass is 16.5. The summed E-state index contributed by atoms with van der Waals surface area (Å²) in [5, 5.41) is 3.61. The van der Waals surface area contributed by atoms with Crippen molar-refractivity contribution >= 4 is 6.29 Å². The predicted octanol–water partition coefficient (Wildman–Crippen LogP) is 2.28. The van der Waals surface area contributed by atoms with Gasteiger partial charge < -0.3 is 9.26 Å². The van der Waals surface area contributed by atoms with E-state index in [1.165, 1.54) is 6.20 Å². The van der Waals surface area contributed by atoms with Gasteiger partial charge in [-0.3, -0.25) is 4.79 Å². The first-order valence-corrected chi connectivity index (χ1v) is 5.35. The number of carbonyl (C=O) groups excluding carboxylic acids is 1. The van der Waals surface area contributed by atoms with Gasteiger partial charge in [0, 0.05) is 6.42 Å². The SMILES string of the molecule is COc1cccc(CCc2oncc2C=O)c1. The van der Waals surface area contributed by atoms with E-state index in [2.05, 4.69) is 5.16 Å². The van der Waals surface area contributed by atoms with E-state index in [0.29, 0.717) is 17.7 Å². The number of ether oxygens (including phenoxy) is 1. The van der Waals surface area contributed by atoms with Crippen LogP contribution in [0.2, 0.25) is 0 Å². The molecular weight excluding hydrogens is 218 g/mol. The molecule has 17 heavy (non-hydrogen) atoms. The van der Waals surface area contributed by atoms with Gasteiger partial charge in [-0.25, -0.2) is 0 Å². The second-order valence-corrected chi connectivity index (χ2v) is 3.67.